The summed E-state index contributed by atoms with van der Waals surface area (Å²) < 4.78 is 0. The van der Waals surface area contributed by atoms with Crippen molar-refractivity contribution in [2.75, 3.05) is 16.4 Å². The molecule has 0 aliphatic heterocycles. The molecule has 0 spiro atoms. The highest BCUT2D eigenvalue weighted by atomic mass is 16.2. The van der Waals surface area contributed by atoms with Crippen molar-refractivity contribution in [3.8, 4) is 0 Å². The topological polar surface area (TPSA) is 80.0 Å². The molecule has 2 rings (SSSR count). The summed E-state index contributed by atoms with van der Waals surface area (Å²) in [6.07, 6.45) is 3.21. The molecule has 2 aromatic rings. The predicted octanol–water partition coefficient (Wildman–Crippen LogP) is 2.62. The molecule has 0 saturated carbocycles. The summed E-state index contributed by atoms with van der Waals surface area (Å²) in [5.74, 6) is 0. The van der Waals surface area contributed by atoms with E-state index in [4.69, 9.17) is 5.73 Å². The molecule has 0 fully saturated rings. The Kier molecular flexibility index (Phi) is 3.43. The molecule has 92 valence electrons. The van der Waals surface area contributed by atoms with Crippen LogP contribution in [0.15, 0.2) is 42.7 Å². The molecule has 0 saturated heterocycles. The van der Waals surface area contributed by atoms with E-state index < -0.39 is 0 Å². The minimum absolute atomic E-state index is 0.347. The Bertz CT molecular complexity index is 554. The molecule has 4 N–H and O–H groups in total. The van der Waals surface area contributed by atoms with Crippen molar-refractivity contribution in [2.45, 2.75) is 6.92 Å². The first kappa shape index (κ1) is 11.9. The number of aryl methyl sites for hydroxylation is 1. The van der Waals surface area contributed by atoms with Crippen LogP contribution in [0, 0.1) is 6.92 Å². The van der Waals surface area contributed by atoms with Crippen LogP contribution in [0.25, 0.3) is 0 Å². The Labute approximate surface area is 105 Å². The van der Waals surface area contributed by atoms with Crippen LogP contribution in [0.4, 0.5) is 21.9 Å². The maximum absolute atomic E-state index is 11.7. The lowest BCUT2D eigenvalue weighted by Gasteiger charge is -2.10. The molecule has 0 radical (unpaired) electrons. The summed E-state index contributed by atoms with van der Waals surface area (Å²) >= 11 is 0. The SMILES string of the molecule is Cc1ccc(N)c(NC(=O)Nc2cccnc2)c1. The van der Waals surface area contributed by atoms with Crippen molar-refractivity contribution < 1.29 is 4.79 Å². The average molecular weight is 242 g/mol. The van der Waals surface area contributed by atoms with E-state index in [0.29, 0.717) is 17.1 Å². The Morgan fingerprint density at radius 3 is 2.83 bits per heavy atom. The summed E-state index contributed by atoms with van der Waals surface area (Å²) in [6, 6.07) is 8.62. The van der Waals surface area contributed by atoms with Gasteiger partial charge in [-0.25, -0.2) is 4.79 Å². The Morgan fingerprint density at radius 2 is 2.11 bits per heavy atom. The number of benzene rings is 1. The fraction of sp³-hybridized carbons (Fsp3) is 0.0769. The molecule has 5 heteroatoms. The van der Waals surface area contributed by atoms with E-state index in [9.17, 15) is 4.79 Å². The van der Waals surface area contributed by atoms with Crippen molar-refractivity contribution in [2.24, 2.45) is 0 Å². The fourth-order valence-corrected chi connectivity index (χ4v) is 1.50. The third-order valence-electron chi connectivity index (χ3n) is 2.38. The van der Waals surface area contributed by atoms with Gasteiger partial charge in [-0.2, -0.15) is 0 Å². The predicted molar refractivity (Wildman–Crippen MR) is 72.5 cm³/mol. The highest BCUT2D eigenvalue weighted by Crippen LogP contribution is 2.19. The molecule has 0 unspecified atom stereocenters. The number of nitrogen functional groups attached to an aromatic ring is 1. The van der Waals surface area contributed by atoms with E-state index in [1.807, 2.05) is 19.1 Å². The lowest BCUT2D eigenvalue weighted by Crippen LogP contribution is -2.20. The van der Waals surface area contributed by atoms with Gasteiger partial charge in [0.2, 0.25) is 0 Å². The van der Waals surface area contributed by atoms with Gasteiger partial charge in [-0.3, -0.25) is 4.98 Å². The maximum atomic E-state index is 11.7. The van der Waals surface area contributed by atoms with Crippen LogP contribution in [0.2, 0.25) is 0 Å². The van der Waals surface area contributed by atoms with Gasteiger partial charge in [0, 0.05) is 6.20 Å². The molecule has 1 aromatic carbocycles. The number of carbonyl (C=O) groups is 1. The van der Waals surface area contributed by atoms with Crippen LogP contribution in [0.3, 0.4) is 0 Å². The molecule has 0 atom stereocenters. The van der Waals surface area contributed by atoms with E-state index in [1.165, 1.54) is 0 Å². The third-order valence-corrected chi connectivity index (χ3v) is 2.38. The molecule has 1 aromatic heterocycles. The number of hydrogen-bond donors (Lipinski definition) is 3. The van der Waals surface area contributed by atoms with Gasteiger partial charge >= 0.3 is 6.03 Å². The number of aromatic nitrogens is 1. The molecule has 0 aliphatic carbocycles. The van der Waals surface area contributed by atoms with Crippen LogP contribution >= 0.6 is 0 Å². The Morgan fingerprint density at radius 1 is 1.28 bits per heavy atom. The van der Waals surface area contributed by atoms with Gasteiger partial charge in [0.25, 0.3) is 0 Å². The van der Waals surface area contributed by atoms with Gasteiger partial charge in [-0.15, -0.1) is 0 Å². The van der Waals surface area contributed by atoms with E-state index >= 15 is 0 Å². The van der Waals surface area contributed by atoms with Gasteiger partial charge in [0.15, 0.2) is 0 Å². The zero-order valence-corrected chi connectivity index (χ0v) is 9.97. The number of nitrogens with one attached hydrogen (secondary N) is 2. The van der Waals surface area contributed by atoms with Gasteiger partial charge in [0.05, 0.1) is 23.3 Å². The number of urea groups is 1. The number of rotatable bonds is 2. The third kappa shape index (κ3) is 2.98. The Hall–Kier alpha value is -2.56. The van der Waals surface area contributed by atoms with Crippen LogP contribution in [-0.4, -0.2) is 11.0 Å². The van der Waals surface area contributed by atoms with Gasteiger partial charge < -0.3 is 16.4 Å². The zero-order valence-electron chi connectivity index (χ0n) is 9.97. The quantitative estimate of drug-likeness (QED) is 0.708. The number of anilines is 3. The number of nitrogens with zero attached hydrogens (tertiary/aromatic N) is 1. The first-order valence-electron chi connectivity index (χ1n) is 5.49. The van der Waals surface area contributed by atoms with Crippen LogP contribution in [0.5, 0.6) is 0 Å². The summed E-state index contributed by atoms with van der Waals surface area (Å²) in [6.45, 7) is 1.93. The molecule has 0 bridgehead atoms. The second-order valence-corrected chi connectivity index (χ2v) is 3.91. The summed E-state index contributed by atoms with van der Waals surface area (Å²) in [4.78, 5) is 15.6. The van der Waals surface area contributed by atoms with Gasteiger partial charge in [0.1, 0.15) is 0 Å². The lowest BCUT2D eigenvalue weighted by molar-refractivity contribution is 0.262. The highest BCUT2D eigenvalue weighted by molar-refractivity contribution is 6.01. The van der Waals surface area contributed by atoms with Crippen molar-refractivity contribution in [1.82, 2.24) is 4.98 Å². The molecule has 18 heavy (non-hydrogen) atoms. The van der Waals surface area contributed by atoms with Crippen LogP contribution in [-0.2, 0) is 0 Å². The summed E-state index contributed by atoms with van der Waals surface area (Å²) in [5.41, 5.74) is 8.55. The lowest BCUT2D eigenvalue weighted by atomic mass is 10.2. The number of hydrogen-bond acceptors (Lipinski definition) is 3. The van der Waals surface area contributed by atoms with Crippen LogP contribution in [0.1, 0.15) is 5.56 Å². The van der Waals surface area contributed by atoms with E-state index in [2.05, 4.69) is 15.6 Å². The van der Waals surface area contributed by atoms with E-state index in [1.54, 1.807) is 30.6 Å². The minimum atomic E-state index is -0.347. The van der Waals surface area contributed by atoms with Crippen molar-refractivity contribution in [1.29, 1.82) is 0 Å². The van der Waals surface area contributed by atoms with Gasteiger partial charge in [-0.05, 0) is 36.8 Å². The normalized spacial score (nSPS) is 9.83. The number of nitrogens with two attached hydrogens (primary N) is 1. The number of amides is 2. The standard InChI is InChI=1S/C13H14N4O/c1-9-4-5-11(14)12(7-9)17-13(18)16-10-3-2-6-15-8-10/h2-8H,14H2,1H3,(H2,16,17,18). The van der Waals surface area contributed by atoms with Gasteiger partial charge in [-0.1, -0.05) is 6.07 Å². The molecular formula is C13H14N4O. The second-order valence-electron chi connectivity index (χ2n) is 3.91. The fourth-order valence-electron chi connectivity index (χ4n) is 1.50. The van der Waals surface area contributed by atoms with Crippen molar-refractivity contribution in [3.63, 3.8) is 0 Å². The first-order valence-corrected chi connectivity index (χ1v) is 5.49. The molecule has 1 heterocycles. The summed E-state index contributed by atoms with van der Waals surface area (Å²) in [7, 11) is 0. The first-order chi connectivity index (χ1) is 8.65. The summed E-state index contributed by atoms with van der Waals surface area (Å²) in [5, 5.41) is 5.37. The monoisotopic (exact) mass is 242 g/mol. The largest absolute Gasteiger partial charge is 0.397 e. The van der Waals surface area contributed by atoms with Crippen molar-refractivity contribution >= 4 is 23.1 Å². The maximum Gasteiger partial charge on any atom is 0.323 e. The number of carbonyl (C=O) groups excluding carboxylic acids is 1. The second kappa shape index (κ2) is 5.18. The zero-order chi connectivity index (χ0) is 13.0. The molecule has 5 nitrogen and oxygen atoms in total. The molecular weight excluding hydrogens is 228 g/mol. The van der Waals surface area contributed by atoms with Crippen molar-refractivity contribution in [3.05, 3.63) is 48.3 Å². The molecule has 2 amide bonds. The highest BCUT2D eigenvalue weighted by Gasteiger charge is 2.05. The van der Waals surface area contributed by atoms with E-state index in [0.717, 1.165) is 5.56 Å². The smallest absolute Gasteiger partial charge is 0.323 e. The molecule has 0 aliphatic rings. The minimum Gasteiger partial charge on any atom is -0.397 e. The Balaban J connectivity index is 2.05. The average Bonchev–Trinajstić information content (AvgIpc) is 2.35. The van der Waals surface area contributed by atoms with Crippen LogP contribution < -0.4 is 16.4 Å². The number of pyridine rings is 1. The van der Waals surface area contributed by atoms with E-state index in [-0.39, 0.29) is 6.03 Å².